The third kappa shape index (κ3) is 13.0. The second-order valence-corrected chi connectivity index (χ2v) is 9.89. The van der Waals surface area contributed by atoms with E-state index >= 15 is 0 Å². The van der Waals surface area contributed by atoms with Crippen LogP contribution in [-0.2, 0) is 11.2 Å². The number of nitrogens with zero attached hydrogens (tertiary/aromatic N) is 2. The van der Waals surface area contributed by atoms with E-state index < -0.39 is 5.97 Å². The summed E-state index contributed by atoms with van der Waals surface area (Å²) in [5.41, 5.74) is 2.41. The molecule has 2 aromatic rings. The number of para-hydroxylation sites is 1. The molecule has 0 unspecified atom stereocenters. The zero-order valence-electron chi connectivity index (χ0n) is 21.6. The van der Waals surface area contributed by atoms with Gasteiger partial charge in [-0.05, 0) is 38.3 Å². The maximum absolute atomic E-state index is 10.5. The number of carboxylic acid groups (broad SMARTS) is 1. The molecule has 34 heavy (non-hydrogen) atoms. The molecule has 0 bridgehead atoms. The van der Waals surface area contributed by atoms with Crippen LogP contribution in [0.15, 0.2) is 36.5 Å². The summed E-state index contributed by atoms with van der Waals surface area (Å²) in [6, 6.07) is 10.5. The van der Waals surface area contributed by atoms with Crippen LogP contribution < -0.4 is 0 Å². The second-order valence-electron chi connectivity index (χ2n) is 9.89. The number of carbonyl (C=O) groups is 1. The molecule has 190 valence electrons. The number of imidazole rings is 1. The number of hydrogen-bond acceptors (Lipinski definition) is 2. The highest BCUT2D eigenvalue weighted by Gasteiger charge is 2.05. The van der Waals surface area contributed by atoms with Gasteiger partial charge in [-0.3, -0.25) is 4.79 Å². The zero-order chi connectivity index (χ0) is 24.3. The van der Waals surface area contributed by atoms with E-state index in [0.717, 1.165) is 25.1 Å². The largest absolute Gasteiger partial charge is 0.481 e. The Hall–Kier alpha value is -2.10. The van der Waals surface area contributed by atoms with E-state index in [1.807, 2.05) is 0 Å². The smallest absolute Gasteiger partial charge is 0.303 e. The van der Waals surface area contributed by atoms with Crippen molar-refractivity contribution < 1.29 is 9.90 Å². The van der Waals surface area contributed by atoms with Crippen molar-refractivity contribution in [2.75, 3.05) is 0 Å². The Balaban J connectivity index is 1.33. The predicted molar refractivity (Wildman–Crippen MR) is 143 cm³/mol. The van der Waals surface area contributed by atoms with Crippen molar-refractivity contribution >= 4 is 5.97 Å². The van der Waals surface area contributed by atoms with E-state index in [4.69, 9.17) is 10.1 Å². The summed E-state index contributed by atoms with van der Waals surface area (Å²) in [4.78, 5) is 15.2. The van der Waals surface area contributed by atoms with Gasteiger partial charge < -0.3 is 9.67 Å². The van der Waals surface area contributed by atoms with Gasteiger partial charge in [0.05, 0.1) is 5.69 Å². The van der Waals surface area contributed by atoms with Crippen molar-refractivity contribution in [1.29, 1.82) is 0 Å². The molecule has 4 nitrogen and oxygen atoms in total. The van der Waals surface area contributed by atoms with Gasteiger partial charge in [0, 0.05) is 18.3 Å². The lowest BCUT2D eigenvalue weighted by Crippen LogP contribution is -1.93. The summed E-state index contributed by atoms with van der Waals surface area (Å²) in [6.45, 7) is 2.09. The number of hydrogen-bond donors (Lipinski definition) is 1. The van der Waals surface area contributed by atoms with Crippen LogP contribution in [0.2, 0.25) is 0 Å². The second kappa shape index (κ2) is 18.3. The fourth-order valence-corrected chi connectivity index (χ4v) is 4.74. The summed E-state index contributed by atoms with van der Waals surface area (Å²) in [6.07, 6.45) is 25.7. The standard InChI is InChI=1S/C30H48N2O2/c1-27-31-28(26-32(27)29-23-19-17-20-24-29)22-18-15-13-11-9-7-5-3-2-4-6-8-10-12-14-16-21-25-30(33)34/h17,19-20,23-24,26H,2-16,18,21-22,25H2,1H3,(H,33,34). The molecule has 0 saturated heterocycles. The summed E-state index contributed by atoms with van der Waals surface area (Å²) < 4.78 is 2.20. The summed E-state index contributed by atoms with van der Waals surface area (Å²) in [5.74, 6) is 0.417. The number of rotatable bonds is 21. The van der Waals surface area contributed by atoms with Crippen molar-refractivity contribution in [3.8, 4) is 5.69 Å². The van der Waals surface area contributed by atoms with Crippen LogP contribution in [0.4, 0.5) is 0 Å². The Morgan fingerprint density at radius 2 is 1.15 bits per heavy atom. The number of aryl methyl sites for hydroxylation is 2. The molecule has 1 N–H and O–H groups in total. The first-order valence-corrected chi connectivity index (χ1v) is 14.0. The van der Waals surface area contributed by atoms with Crippen molar-refractivity contribution in [1.82, 2.24) is 9.55 Å². The van der Waals surface area contributed by atoms with Crippen LogP contribution in [0.25, 0.3) is 5.69 Å². The minimum atomic E-state index is -0.658. The molecule has 0 radical (unpaired) electrons. The van der Waals surface area contributed by atoms with Crippen LogP contribution in [0.5, 0.6) is 0 Å². The molecular formula is C30H48N2O2. The number of unbranched alkanes of at least 4 members (excludes halogenated alkanes) is 16. The van der Waals surface area contributed by atoms with E-state index in [2.05, 4.69) is 48.0 Å². The first kappa shape index (κ1) is 28.1. The van der Waals surface area contributed by atoms with Gasteiger partial charge in [-0.25, -0.2) is 4.98 Å². The van der Waals surface area contributed by atoms with Gasteiger partial charge in [-0.2, -0.15) is 0 Å². The predicted octanol–water partition coefficient (Wildman–Crippen LogP) is 8.83. The topological polar surface area (TPSA) is 55.1 Å². The zero-order valence-corrected chi connectivity index (χ0v) is 21.6. The molecule has 1 aromatic carbocycles. The lowest BCUT2D eigenvalue weighted by atomic mass is 10.0. The summed E-state index contributed by atoms with van der Waals surface area (Å²) in [5, 5.41) is 8.62. The van der Waals surface area contributed by atoms with Crippen LogP contribution in [0, 0.1) is 6.92 Å². The SMILES string of the molecule is Cc1nc(CCCCCCCCCCCCCCCCCCCC(=O)O)cn1-c1ccccc1. The van der Waals surface area contributed by atoms with Crippen LogP contribution >= 0.6 is 0 Å². The molecule has 1 aromatic heterocycles. The lowest BCUT2D eigenvalue weighted by Gasteiger charge is -2.04. The van der Waals surface area contributed by atoms with Gasteiger partial charge in [0.1, 0.15) is 5.82 Å². The fraction of sp³-hybridized carbons (Fsp3) is 0.667. The molecular weight excluding hydrogens is 420 g/mol. The Kier molecular flexibility index (Phi) is 15.1. The maximum atomic E-state index is 10.5. The average molecular weight is 469 g/mol. The molecule has 0 fully saturated rings. The van der Waals surface area contributed by atoms with E-state index in [-0.39, 0.29) is 0 Å². The molecule has 0 amide bonds. The van der Waals surface area contributed by atoms with Crippen molar-refractivity contribution in [2.24, 2.45) is 0 Å². The minimum Gasteiger partial charge on any atom is -0.481 e. The third-order valence-corrected chi connectivity index (χ3v) is 6.79. The first-order valence-electron chi connectivity index (χ1n) is 14.0. The van der Waals surface area contributed by atoms with Crippen molar-refractivity contribution in [3.05, 3.63) is 48.0 Å². The Bertz CT molecular complexity index is 769. The molecule has 2 rings (SSSR count). The maximum Gasteiger partial charge on any atom is 0.303 e. The molecule has 1 heterocycles. The Labute approximate surface area is 208 Å². The van der Waals surface area contributed by atoms with E-state index in [9.17, 15) is 4.79 Å². The van der Waals surface area contributed by atoms with Crippen LogP contribution in [0.1, 0.15) is 127 Å². The number of benzene rings is 1. The van der Waals surface area contributed by atoms with E-state index in [1.165, 1.54) is 108 Å². The Morgan fingerprint density at radius 1 is 0.706 bits per heavy atom. The van der Waals surface area contributed by atoms with Gasteiger partial charge in [0.15, 0.2) is 0 Å². The molecule has 0 atom stereocenters. The van der Waals surface area contributed by atoms with E-state index in [0.29, 0.717) is 6.42 Å². The van der Waals surface area contributed by atoms with Crippen molar-refractivity contribution in [2.45, 2.75) is 129 Å². The first-order chi connectivity index (χ1) is 16.7. The van der Waals surface area contributed by atoms with Gasteiger partial charge in [-0.15, -0.1) is 0 Å². The van der Waals surface area contributed by atoms with Crippen LogP contribution in [-0.4, -0.2) is 20.6 Å². The highest BCUT2D eigenvalue weighted by Crippen LogP contribution is 2.16. The van der Waals surface area contributed by atoms with Gasteiger partial charge in [-0.1, -0.05) is 115 Å². The number of aliphatic carboxylic acids is 1. The van der Waals surface area contributed by atoms with Gasteiger partial charge in [0.25, 0.3) is 0 Å². The highest BCUT2D eigenvalue weighted by molar-refractivity contribution is 5.66. The quantitative estimate of drug-likeness (QED) is 0.186. The average Bonchev–Trinajstić information content (AvgIpc) is 3.21. The molecule has 0 spiro atoms. The molecule has 0 aliphatic carbocycles. The monoisotopic (exact) mass is 468 g/mol. The number of carboxylic acids is 1. The summed E-state index contributed by atoms with van der Waals surface area (Å²) in [7, 11) is 0. The summed E-state index contributed by atoms with van der Waals surface area (Å²) >= 11 is 0. The van der Waals surface area contributed by atoms with E-state index in [1.54, 1.807) is 0 Å². The molecule has 0 aliphatic heterocycles. The van der Waals surface area contributed by atoms with Gasteiger partial charge >= 0.3 is 5.97 Å². The van der Waals surface area contributed by atoms with Crippen LogP contribution in [0.3, 0.4) is 0 Å². The van der Waals surface area contributed by atoms with Crippen molar-refractivity contribution in [3.63, 3.8) is 0 Å². The molecule has 4 heteroatoms. The molecule has 0 aliphatic rings. The minimum absolute atomic E-state index is 0.336. The Morgan fingerprint density at radius 3 is 1.62 bits per heavy atom. The number of aromatic nitrogens is 2. The van der Waals surface area contributed by atoms with Gasteiger partial charge in [0.2, 0.25) is 0 Å². The highest BCUT2D eigenvalue weighted by atomic mass is 16.4. The third-order valence-electron chi connectivity index (χ3n) is 6.79. The normalized spacial score (nSPS) is 11.2. The lowest BCUT2D eigenvalue weighted by molar-refractivity contribution is -0.137. The fourth-order valence-electron chi connectivity index (χ4n) is 4.74. The molecule has 0 saturated carbocycles.